The van der Waals surface area contributed by atoms with E-state index in [0.29, 0.717) is 0 Å². The fourth-order valence-electron chi connectivity index (χ4n) is 2.85. The lowest BCUT2D eigenvalue weighted by atomic mass is 9.98. The zero-order chi connectivity index (χ0) is 12.7. The summed E-state index contributed by atoms with van der Waals surface area (Å²) in [4.78, 5) is 8.26. The van der Waals surface area contributed by atoms with Gasteiger partial charge in [0.25, 0.3) is 0 Å². The molecule has 0 bridgehead atoms. The predicted molar refractivity (Wildman–Crippen MR) is 79.0 cm³/mol. The second-order valence-electron chi connectivity index (χ2n) is 4.87. The molecular weight excluding hydrogens is 232 g/mol. The van der Waals surface area contributed by atoms with Gasteiger partial charge in [-0.05, 0) is 18.1 Å². The highest BCUT2D eigenvalue weighted by Crippen LogP contribution is 2.27. The van der Waals surface area contributed by atoms with Crippen LogP contribution in [0.4, 0.5) is 0 Å². The van der Waals surface area contributed by atoms with Crippen LogP contribution in [0.25, 0.3) is 10.9 Å². The Kier molecular flexibility index (Phi) is 2.27. The van der Waals surface area contributed by atoms with Gasteiger partial charge in [0.15, 0.2) is 0 Å². The Balaban J connectivity index is 1.96. The molecule has 0 fully saturated rings. The minimum Gasteiger partial charge on any atom is -0.353 e. The van der Waals surface area contributed by atoms with E-state index in [1.165, 1.54) is 27.7 Å². The number of hydrogen-bond donors (Lipinski definition) is 1. The van der Waals surface area contributed by atoms with E-state index < -0.39 is 0 Å². The van der Waals surface area contributed by atoms with Crippen molar-refractivity contribution in [1.29, 1.82) is 0 Å². The topological polar surface area (TPSA) is 28.1 Å². The van der Waals surface area contributed by atoms with Crippen LogP contribution in [0.5, 0.6) is 0 Å². The van der Waals surface area contributed by atoms with Crippen LogP contribution < -0.4 is 0 Å². The Morgan fingerprint density at radius 3 is 2.58 bits per heavy atom. The van der Waals surface area contributed by atoms with Crippen LogP contribution in [0.15, 0.2) is 59.6 Å². The zero-order valence-corrected chi connectivity index (χ0v) is 10.6. The number of nitrogens with zero attached hydrogens (tertiary/aromatic N) is 1. The molecule has 0 spiro atoms. The third-order valence-corrected chi connectivity index (χ3v) is 3.73. The molecule has 2 heteroatoms. The van der Waals surface area contributed by atoms with Gasteiger partial charge in [-0.3, -0.25) is 4.99 Å². The number of benzene rings is 2. The molecule has 1 N–H and O–H groups in total. The molecular formula is C17H14N2. The quantitative estimate of drug-likeness (QED) is 0.680. The summed E-state index contributed by atoms with van der Waals surface area (Å²) in [6.07, 6.45) is 1.02. The maximum absolute atomic E-state index is 4.72. The number of aromatic nitrogens is 1. The Morgan fingerprint density at radius 2 is 1.68 bits per heavy atom. The van der Waals surface area contributed by atoms with Crippen LogP contribution in [0.2, 0.25) is 0 Å². The van der Waals surface area contributed by atoms with Gasteiger partial charge in [0.1, 0.15) is 0 Å². The zero-order valence-electron chi connectivity index (χ0n) is 10.6. The number of para-hydroxylation sites is 1. The normalized spacial score (nSPS) is 14.2. The molecule has 1 aliphatic heterocycles. The SMILES string of the molecule is c1ccc(C2=NCCc3c2[nH]c2ccccc32)cc1. The molecule has 4 rings (SSSR count). The van der Waals surface area contributed by atoms with Crippen LogP contribution >= 0.6 is 0 Å². The summed E-state index contributed by atoms with van der Waals surface area (Å²) in [6, 6.07) is 18.9. The highest BCUT2D eigenvalue weighted by atomic mass is 14.8. The summed E-state index contributed by atoms with van der Waals surface area (Å²) < 4.78 is 0. The first-order valence-electron chi connectivity index (χ1n) is 6.63. The molecule has 0 radical (unpaired) electrons. The van der Waals surface area contributed by atoms with E-state index in [2.05, 4.69) is 53.5 Å². The lowest BCUT2D eigenvalue weighted by Gasteiger charge is -2.13. The van der Waals surface area contributed by atoms with E-state index in [0.717, 1.165) is 18.7 Å². The number of fused-ring (bicyclic) bond motifs is 3. The lowest BCUT2D eigenvalue weighted by Crippen LogP contribution is -2.13. The maximum atomic E-state index is 4.72. The molecule has 2 aromatic carbocycles. The van der Waals surface area contributed by atoms with Gasteiger partial charge >= 0.3 is 0 Å². The summed E-state index contributed by atoms with van der Waals surface area (Å²) in [5, 5.41) is 1.33. The van der Waals surface area contributed by atoms with E-state index in [9.17, 15) is 0 Å². The van der Waals surface area contributed by atoms with Gasteiger partial charge < -0.3 is 4.98 Å². The highest BCUT2D eigenvalue weighted by molar-refractivity contribution is 6.15. The number of nitrogens with one attached hydrogen (secondary N) is 1. The highest BCUT2D eigenvalue weighted by Gasteiger charge is 2.19. The minimum absolute atomic E-state index is 0.874. The van der Waals surface area contributed by atoms with Gasteiger partial charge in [-0.2, -0.15) is 0 Å². The molecule has 19 heavy (non-hydrogen) atoms. The van der Waals surface area contributed by atoms with Crippen molar-refractivity contribution in [2.24, 2.45) is 4.99 Å². The van der Waals surface area contributed by atoms with Crippen molar-refractivity contribution < 1.29 is 0 Å². The molecule has 2 heterocycles. The van der Waals surface area contributed by atoms with Gasteiger partial charge in [-0.1, -0.05) is 48.5 Å². The number of aliphatic imine (C=N–C) groups is 1. The molecule has 2 nitrogen and oxygen atoms in total. The van der Waals surface area contributed by atoms with E-state index >= 15 is 0 Å². The first-order valence-corrected chi connectivity index (χ1v) is 6.63. The first-order chi connectivity index (χ1) is 9.43. The van der Waals surface area contributed by atoms with Crippen molar-refractivity contribution in [3.05, 3.63) is 71.4 Å². The minimum atomic E-state index is 0.874. The summed E-state index contributed by atoms with van der Waals surface area (Å²) in [7, 11) is 0. The van der Waals surface area contributed by atoms with E-state index in [4.69, 9.17) is 4.99 Å². The summed E-state index contributed by atoms with van der Waals surface area (Å²) in [5.74, 6) is 0. The van der Waals surface area contributed by atoms with Crippen molar-refractivity contribution in [2.45, 2.75) is 6.42 Å². The average Bonchev–Trinajstić information content (AvgIpc) is 2.87. The molecule has 3 aromatic rings. The number of H-pyrrole nitrogens is 1. The first kappa shape index (κ1) is 10.6. The second-order valence-corrected chi connectivity index (χ2v) is 4.87. The number of aromatic amines is 1. The molecule has 0 unspecified atom stereocenters. The number of rotatable bonds is 1. The largest absolute Gasteiger partial charge is 0.353 e. The third-order valence-electron chi connectivity index (χ3n) is 3.73. The standard InChI is InChI=1S/C17H14N2/c1-2-6-12(7-3-1)16-17-14(10-11-18-16)13-8-4-5-9-15(13)19-17/h1-9,19H,10-11H2. The van der Waals surface area contributed by atoms with E-state index in [1.807, 2.05) is 6.07 Å². The lowest BCUT2D eigenvalue weighted by molar-refractivity contribution is 0.948. The Morgan fingerprint density at radius 1 is 0.895 bits per heavy atom. The van der Waals surface area contributed by atoms with Crippen molar-refractivity contribution >= 4 is 16.6 Å². The smallest absolute Gasteiger partial charge is 0.0884 e. The monoisotopic (exact) mass is 246 g/mol. The van der Waals surface area contributed by atoms with Gasteiger partial charge in [0, 0.05) is 23.0 Å². The average molecular weight is 246 g/mol. The summed E-state index contributed by atoms with van der Waals surface area (Å²) in [6.45, 7) is 0.874. The van der Waals surface area contributed by atoms with Crippen LogP contribution in [0, 0.1) is 0 Å². The van der Waals surface area contributed by atoms with Crippen molar-refractivity contribution in [2.75, 3.05) is 6.54 Å². The van der Waals surface area contributed by atoms with Gasteiger partial charge in [-0.15, -0.1) is 0 Å². The Labute approximate surface area is 111 Å². The molecule has 0 saturated heterocycles. The second kappa shape index (κ2) is 4.09. The van der Waals surface area contributed by atoms with Gasteiger partial charge in [0.05, 0.1) is 11.4 Å². The number of hydrogen-bond acceptors (Lipinski definition) is 1. The van der Waals surface area contributed by atoms with Gasteiger partial charge in [0.2, 0.25) is 0 Å². The molecule has 1 aromatic heterocycles. The van der Waals surface area contributed by atoms with Crippen molar-refractivity contribution in [1.82, 2.24) is 4.98 Å². The van der Waals surface area contributed by atoms with Crippen LogP contribution in [0.3, 0.4) is 0 Å². The van der Waals surface area contributed by atoms with Crippen LogP contribution in [-0.4, -0.2) is 17.2 Å². The predicted octanol–water partition coefficient (Wildman–Crippen LogP) is 3.56. The van der Waals surface area contributed by atoms with E-state index in [1.54, 1.807) is 0 Å². The maximum Gasteiger partial charge on any atom is 0.0884 e. The Hall–Kier alpha value is -2.35. The Bertz CT molecular complexity index is 766. The van der Waals surface area contributed by atoms with Gasteiger partial charge in [-0.25, -0.2) is 0 Å². The summed E-state index contributed by atoms with van der Waals surface area (Å²) in [5.41, 5.74) is 6.09. The van der Waals surface area contributed by atoms with Crippen molar-refractivity contribution in [3.8, 4) is 0 Å². The van der Waals surface area contributed by atoms with E-state index in [-0.39, 0.29) is 0 Å². The molecule has 92 valence electrons. The summed E-state index contributed by atoms with van der Waals surface area (Å²) >= 11 is 0. The molecule has 0 aliphatic carbocycles. The van der Waals surface area contributed by atoms with Crippen LogP contribution in [-0.2, 0) is 6.42 Å². The fourth-order valence-corrected chi connectivity index (χ4v) is 2.85. The third kappa shape index (κ3) is 1.60. The fraction of sp³-hybridized carbons (Fsp3) is 0.118. The van der Waals surface area contributed by atoms with Crippen LogP contribution in [0.1, 0.15) is 16.8 Å². The van der Waals surface area contributed by atoms with Crippen molar-refractivity contribution in [3.63, 3.8) is 0 Å². The molecule has 1 aliphatic rings. The molecule has 0 saturated carbocycles. The molecule has 0 amide bonds. The molecule has 0 atom stereocenters.